The summed E-state index contributed by atoms with van der Waals surface area (Å²) in [5.41, 5.74) is 2.10. The molecule has 0 fully saturated rings. The highest BCUT2D eigenvalue weighted by atomic mass is 32.2. The van der Waals surface area contributed by atoms with Crippen molar-refractivity contribution < 1.29 is 23.0 Å². The second kappa shape index (κ2) is 8.77. The maximum atomic E-state index is 13.2. The highest BCUT2D eigenvalue weighted by Gasteiger charge is 2.20. The minimum absolute atomic E-state index is 0.0172. The number of benzene rings is 3. The van der Waals surface area contributed by atoms with Crippen LogP contribution >= 0.6 is 0 Å². The minimum Gasteiger partial charge on any atom is -0.508 e. The number of phenols is 1. The van der Waals surface area contributed by atoms with Crippen LogP contribution in [0.2, 0.25) is 0 Å². The van der Waals surface area contributed by atoms with Gasteiger partial charge in [0, 0.05) is 18.4 Å². The number of hydrogen-bond donors (Lipinski definition) is 4. The average Bonchev–Trinajstić information content (AvgIpc) is 2.76. The molecule has 32 heavy (non-hydrogen) atoms. The van der Waals surface area contributed by atoms with Crippen LogP contribution in [0.15, 0.2) is 71.6 Å². The highest BCUT2D eigenvalue weighted by molar-refractivity contribution is 7.92. The maximum absolute atomic E-state index is 13.2. The standard InChI is InChI=1S/C22H19FN4O4S/c23-15-6-9-17(10-7-15)32(30,31)27-22-21(24-18-3-1-2-4-19(18)25-22)26-20-13-16(29)8-5-14(20)11-12-28/h1-10,13,28-29H,11-12H2,(H,24,26)(H,25,27). The quantitative estimate of drug-likeness (QED) is 0.337. The monoisotopic (exact) mass is 454 g/mol. The first-order valence-corrected chi connectivity index (χ1v) is 11.1. The number of aromatic nitrogens is 2. The Labute approximate surface area is 183 Å². The summed E-state index contributed by atoms with van der Waals surface area (Å²) in [6.07, 6.45) is 0.306. The Morgan fingerprint density at radius 2 is 1.56 bits per heavy atom. The third kappa shape index (κ3) is 4.61. The lowest BCUT2D eigenvalue weighted by molar-refractivity contribution is 0.299. The predicted molar refractivity (Wildman–Crippen MR) is 119 cm³/mol. The van der Waals surface area contributed by atoms with Crippen molar-refractivity contribution in [3.63, 3.8) is 0 Å². The van der Waals surface area contributed by atoms with Gasteiger partial charge in [0.25, 0.3) is 10.0 Å². The van der Waals surface area contributed by atoms with E-state index in [1.54, 1.807) is 30.3 Å². The Morgan fingerprint density at radius 3 is 2.22 bits per heavy atom. The number of aromatic hydroxyl groups is 1. The Hall–Kier alpha value is -3.76. The number of phenolic OH excluding ortho intramolecular Hbond substituents is 1. The van der Waals surface area contributed by atoms with Gasteiger partial charge in [-0.25, -0.2) is 22.8 Å². The van der Waals surface area contributed by atoms with E-state index in [1.165, 1.54) is 12.1 Å². The molecule has 0 spiro atoms. The molecular formula is C22H19FN4O4S. The predicted octanol–water partition coefficient (Wildman–Crippen LogP) is 3.55. The van der Waals surface area contributed by atoms with Gasteiger partial charge in [-0.1, -0.05) is 18.2 Å². The van der Waals surface area contributed by atoms with Crippen LogP contribution in [0.3, 0.4) is 0 Å². The van der Waals surface area contributed by atoms with E-state index in [0.717, 1.165) is 24.3 Å². The van der Waals surface area contributed by atoms with Crippen molar-refractivity contribution in [1.29, 1.82) is 0 Å². The molecule has 10 heteroatoms. The van der Waals surface area contributed by atoms with Crippen LogP contribution in [0.5, 0.6) is 5.75 Å². The number of halogens is 1. The van der Waals surface area contributed by atoms with E-state index in [-0.39, 0.29) is 28.9 Å². The summed E-state index contributed by atoms with van der Waals surface area (Å²) in [4.78, 5) is 8.74. The van der Waals surface area contributed by atoms with Crippen molar-refractivity contribution in [2.24, 2.45) is 0 Å². The van der Waals surface area contributed by atoms with Gasteiger partial charge >= 0.3 is 0 Å². The molecule has 0 atom stereocenters. The SMILES string of the molecule is O=S(=O)(Nc1nc2ccccc2nc1Nc1cc(O)ccc1CCO)c1ccc(F)cc1. The molecule has 1 aromatic heterocycles. The lowest BCUT2D eigenvalue weighted by atomic mass is 10.1. The van der Waals surface area contributed by atoms with Gasteiger partial charge in [-0.05, 0) is 54.4 Å². The van der Waals surface area contributed by atoms with E-state index in [0.29, 0.717) is 28.7 Å². The van der Waals surface area contributed by atoms with E-state index < -0.39 is 15.8 Å². The first-order chi connectivity index (χ1) is 15.4. The molecule has 1 heterocycles. The molecule has 8 nitrogen and oxygen atoms in total. The minimum atomic E-state index is -4.09. The van der Waals surface area contributed by atoms with Crippen LogP contribution < -0.4 is 10.0 Å². The van der Waals surface area contributed by atoms with E-state index in [1.807, 2.05) is 0 Å². The Morgan fingerprint density at radius 1 is 0.906 bits per heavy atom. The summed E-state index contributed by atoms with van der Waals surface area (Å²) in [6.45, 7) is -0.118. The molecule has 0 unspecified atom stereocenters. The molecule has 0 radical (unpaired) electrons. The number of fused-ring (bicyclic) bond motifs is 1. The Balaban J connectivity index is 1.80. The van der Waals surface area contributed by atoms with Gasteiger partial charge < -0.3 is 15.5 Å². The van der Waals surface area contributed by atoms with Gasteiger partial charge in [0.15, 0.2) is 11.6 Å². The molecule has 164 valence electrons. The van der Waals surface area contributed by atoms with Crippen LogP contribution in [0, 0.1) is 5.82 Å². The summed E-state index contributed by atoms with van der Waals surface area (Å²) in [7, 11) is -4.09. The lowest BCUT2D eigenvalue weighted by Crippen LogP contribution is -2.16. The van der Waals surface area contributed by atoms with Gasteiger partial charge in [0.2, 0.25) is 0 Å². The molecule has 0 aliphatic carbocycles. The molecule has 3 aromatic carbocycles. The van der Waals surface area contributed by atoms with E-state index in [9.17, 15) is 23.0 Å². The van der Waals surface area contributed by atoms with Gasteiger partial charge in [0.05, 0.1) is 15.9 Å². The van der Waals surface area contributed by atoms with Crippen molar-refractivity contribution in [1.82, 2.24) is 9.97 Å². The number of anilines is 3. The maximum Gasteiger partial charge on any atom is 0.263 e. The van der Waals surface area contributed by atoms with Crippen molar-refractivity contribution in [3.05, 3.63) is 78.1 Å². The summed E-state index contributed by atoms with van der Waals surface area (Å²) in [6, 6.07) is 15.9. The van der Waals surface area contributed by atoms with Crippen LogP contribution in [-0.4, -0.2) is 35.2 Å². The number of nitrogens with one attached hydrogen (secondary N) is 2. The molecule has 0 saturated carbocycles. The molecule has 4 N–H and O–H groups in total. The number of para-hydroxylation sites is 2. The molecule has 0 aliphatic rings. The fourth-order valence-corrected chi connectivity index (χ4v) is 4.11. The largest absolute Gasteiger partial charge is 0.508 e. The van der Waals surface area contributed by atoms with Crippen LogP contribution in [0.1, 0.15) is 5.56 Å². The summed E-state index contributed by atoms with van der Waals surface area (Å²) in [5.74, 6) is -0.557. The topological polar surface area (TPSA) is 124 Å². The first-order valence-electron chi connectivity index (χ1n) is 9.61. The zero-order valence-corrected chi connectivity index (χ0v) is 17.5. The first kappa shape index (κ1) is 21.5. The van der Waals surface area contributed by atoms with Crippen LogP contribution in [-0.2, 0) is 16.4 Å². The summed E-state index contributed by atoms with van der Waals surface area (Å²) in [5, 5.41) is 22.2. The number of aliphatic hydroxyl groups excluding tert-OH is 1. The normalized spacial score (nSPS) is 11.4. The van der Waals surface area contributed by atoms with Crippen molar-refractivity contribution in [2.45, 2.75) is 11.3 Å². The fourth-order valence-electron chi connectivity index (χ4n) is 3.11. The second-order valence-corrected chi connectivity index (χ2v) is 8.59. The number of hydrogen-bond acceptors (Lipinski definition) is 7. The van der Waals surface area contributed by atoms with Crippen LogP contribution in [0.4, 0.5) is 21.7 Å². The Bertz CT molecular complexity index is 1380. The van der Waals surface area contributed by atoms with Crippen molar-refractivity contribution in [3.8, 4) is 5.75 Å². The van der Waals surface area contributed by atoms with Gasteiger partial charge in [0.1, 0.15) is 11.6 Å². The molecule has 0 bridgehead atoms. The second-order valence-electron chi connectivity index (χ2n) is 6.91. The number of rotatable bonds is 7. The summed E-state index contributed by atoms with van der Waals surface area (Å²) >= 11 is 0. The van der Waals surface area contributed by atoms with Crippen molar-refractivity contribution >= 4 is 38.4 Å². The van der Waals surface area contributed by atoms with E-state index >= 15 is 0 Å². The molecule has 4 aromatic rings. The fraction of sp³-hybridized carbons (Fsp3) is 0.0909. The molecule has 0 saturated heterocycles. The Kier molecular flexibility index (Phi) is 5.89. The van der Waals surface area contributed by atoms with Crippen LogP contribution in [0.25, 0.3) is 11.0 Å². The average molecular weight is 454 g/mol. The number of nitrogens with zero attached hydrogens (tertiary/aromatic N) is 2. The molecule has 0 amide bonds. The highest BCUT2D eigenvalue weighted by Crippen LogP contribution is 2.30. The van der Waals surface area contributed by atoms with Gasteiger partial charge in [-0.15, -0.1) is 0 Å². The molecule has 0 aliphatic heterocycles. The van der Waals surface area contributed by atoms with E-state index in [4.69, 9.17) is 0 Å². The zero-order chi connectivity index (χ0) is 22.7. The third-order valence-electron chi connectivity index (χ3n) is 4.65. The van der Waals surface area contributed by atoms with Crippen molar-refractivity contribution in [2.75, 3.05) is 16.6 Å². The van der Waals surface area contributed by atoms with Gasteiger partial charge in [-0.2, -0.15) is 0 Å². The molecule has 4 rings (SSSR count). The lowest BCUT2D eigenvalue weighted by Gasteiger charge is -2.16. The number of aliphatic hydroxyl groups is 1. The number of sulfonamides is 1. The van der Waals surface area contributed by atoms with Gasteiger partial charge in [-0.3, -0.25) is 4.72 Å². The smallest absolute Gasteiger partial charge is 0.263 e. The van der Waals surface area contributed by atoms with E-state index in [2.05, 4.69) is 20.0 Å². The zero-order valence-electron chi connectivity index (χ0n) is 16.7. The third-order valence-corrected chi connectivity index (χ3v) is 6.01. The summed E-state index contributed by atoms with van der Waals surface area (Å²) < 4.78 is 41.4. The molecular weight excluding hydrogens is 435 g/mol.